The van der Waals surface area contributed by atoms with Gasteiger partial charge in [0.15, 0.2) is 0 Å². The summed E-state index contributed by atoms with van der Waals surface area (Å²) in [5.74, 6) is -1.89. The first-order chi connectivity index (χ1) is 20.9. The number of epoxide rings is 1. The summed E-state index contributed by atoms with van der Waals surface area (Å²) in [5, 5.41) is 31.9. The first-order valence-electron chi connectivity index (χ1n) is 15.6. The maximum absolute atomic E-state index is 13.1. The van der Waals surface area contributed by atoms with E-state index in [1.54, 1.807) is 18.2 Å². The summed E-state index contributed by atoms with van der Waals surface area (Å²) in [6.07, 6.45) is 6.81. The number of aliphatic carboxylic acids is 1. The van der Waals surface area contributed by atoms with E-state index in [9.17, 15) is 24.9 Å². The zero-order valence-electron chi connectivity index (χ0n) is 26.0. The number of carboxylic acid groups (broad SMARTS) is 1. The number of morpholine rings is 1. The minimum Gasteiger partial charge on any atom is -0.478 e. The Kier molecular flexibility index (Phi) is 8.03. The van der Waals surface area contributed by atoms with Crippen molar-refractivity contribution in [3.8, 4) is 0 Å². The number of hydrogen-bond acceptors (Lipinski definition) is 9. The molecule has 5 aliphatic rings. The highest BCUT2D eigenvalue weighted by Gasteiger charge is 2.71. The highest BCUT2D eigenvalue weighted by atomic mass is 16.6. The van der Waals surface area contributed by atoms with Crippen LogP contribution in [0.25, 0.3) is 5.57 Å². The van der Waals surface area contributed by atoms with Crippen molar-refractivity contribution in [2.75, 3.05) is 58.5 Å². The van der Waals surface area contributed by atoms with Gasteiger partial charge in [0.1, 0.15) is 16.9 Å². The number of allylic oxidation sites excluding steroid dienone is 1. The third-order valence-electron chi connectivity index (χ3n) is 11.2. The molecule has 4 fully saturated rings. The lowest BCUT2D eigenvalue weighted by atomic mass is 9.44. The fraction of sp³-hybridized carbons (Fsp3) is 0.588. The van der Waals surface area contributed by atoms with E-state index in [0.29, 0.717) is 31.8 Å². The number of aliphatic hydroxyl groups excluding tert-OH is 2. The molecule has 3 heterocycles. The van der Waals surface area contributed by atoms with Gasteiger partial charge in [-0.3, -0.25) is 4.90 Å². The molecule has 0 radical (unpaired) electrons. The van der Waals surface area contributed by atoms with Crippen LogP contribution in [0.4, 0.5) is 5.69 Å². The van der Waals surface area contributed by atoms with Gasteiger partial charge < -0.3 is 34.4 Å². The van der Waals surface area contributed by atoms with Gasteiger partial charge in [0.2, 0.25) is 0 Å². The largest absolute Gasteiger partial charge is 0.478 e. The Morgan fingerprint density at radius 1 is 1.16 bits per heavy atom. The number of esters is 1. The molecule has 0 amide bonds. The van der Waals surface area contributed by atoms with Crippen LogP contribution >= 0.6 is 0 Å². The standard InChI is InChI=1S/C34H44N2O8/c1-32-12-11-28(38)33(2,19-37)26(32)18-27(36-13-15-42-16-14-36)34(20-43-34)25(32)10-7-22-17-24(44-31(22)41)29(30(39)40)21-5-8-23(9-6-21)35(3)4/h5-10,17,25-28,37-38H,11-16,18-20H2,1-4H3,(H,39,40)/b10-7+,29-24-/t25?,26?,27?,28-,32-,33+,34?/m1/s1. The average Bonchev–Trinajstić information content (AvgIpc) is 3.70. The van der Waals surface area contributed by atoms with Gasteiger partial charge in [-0.15, -0.1) is 0 Å². The number of benzene rings is 1. The highest BCUT2D eigenvalue weighted by molar-refractivity contribution is 6.18. The molecule has 10 heteroatoms. The summed E-state index contributed by atoms with van der Waals surface area (Å²) < 4.78 is 17.6. The average molecular weight is 609 g/mol. The maximum Gasteiger partial charge on any atom is 0.343 e. The van der Waals surface area contributed by atoms with Crippen LogP contribution in [0.5, 0.6) is 0 Å². The smallest absolute Gasteiger partial charge is 0.343 e. The molecular weight excluding hydrogens is 564 g/mol. The molecule has 2 saturated carbocycles. The number of carboxylic acids is 1. The predicted octanol–water partition coefficient (Wildman–Crippen LogP) is 2.85. The fourth-order valence-corrected chi connectivity index (χ4v) is 8.56. The van der Waals surface area contributed by atoms with Gasteiger partial charge >= 0.3 is 11.9 Å². The van der Waals surface area contributed by atoms with Crippen LogP contribution in [-0.2, 0) is 23.8 Å². The van der Waals surface area contributed by atoms with Gasteiger partial charge in [-0.2, -0.15) is 0 Å². The molecule has 3 N–H and O–H groups in total. The minimum absolute atomic E-state index is 0.00436. The molecule has 6 rings (SSSR count). The van der Waals surface area contributed by atoms with E-state index < -0.39 is 29.1 Å². The topological polar surface area (TPSA) is 132 Å². The van der Waals surface area contributed by atoms with E-state index in [1.165, 1.54) is 6.08 Å². The lowest BCUT2D eigenvalue weighted by Crippen LogP contribution is -2.67. The molecule has 1 spiro atoms. The monoisotopic (exact) mass is 608 g/mol. The van der Waals surface area contributed by atoms with Crippen LogP contribution in [-0.4, -0.2) is 104 Å². The van der Waals surface area contributed by atoms with E-state index in [0.717, 1.165) is 31.6 Å². The number of nitrogens with zero attached hydrogens (tertiary/aromatic N) is 2. The van der Waals surface area contributed by atoms with Crippen molar-refractivity contribution in [3.05, 3.63) is 59.4 Å². The number of aliphatic hydroxyl groups is 2. The van der Waals surface area contributed by atoms with Crippen molar-refractivity contribution >= 4 is 23.2 Å². The number of ether oxygens (including phenoxy) is 3. The lowest BCUT2D eigenvalue weighted by Gasteiger charge is -2.63. The second-order valence-electron chi connectivity index (χ2n) is 13.7. The fourth-order valence-electron chi connectivity index (χ4n) is 8.56. The molecule has 0 bridgehead atoms. The van der Waals surface area contributed by atoms with Crippen LogP contribution in [0.3, 0.4) is 0 Å². The molecule has 1 aromatic rings. The Morgan fingerprint density at radius 3 is 2.43 bits per heavy atom. The normalized spacial score (nSPS) is 38.3. The third-order valence-corrected chi connectivity index (χ3v) is 11.2. The first kappa shape index (κ1) is 31.0. The molecule has 238 valence electrons. The van der Waals surface area contributed by atoms with Crippen molar-refractivity contribution < 1.29 is 39.1 Å². The first-order valence-corrected chi connectivity index (χ1v) is 15.6. The zero-order valence-corrected chi connectivity index (χ0v) is 26.0. The molecule has 1 aromatic carbocycles. The third kappa shape index (κ3) is 5.01. The molecular formula is C34H44N2O8. The number of carbonyl (C=O) groups excluding carboxylic acids is 1. The molecule has 2 aliphatic carbocycles. The molecule has 4 unspecified atom stereocenters. The SMILES string of the molecule is CN(C)c1ccc(/C(C(=O)O)=C2C=C(/C=C/C3C4(CO4)C(N4CCOCC4)CC4[C@]3(C)CC[C@@H](O)[C@@]4(C)CO)C(=O)O\2)cc1. The molecule has 0 aromatic heterocycles. The molecule has 10 nitrogen and oxygen atoms in total. The lowest BCUT2D eigenvalue weighted by molar-refractivity contribution is -0.186. The van der Waals surface area contributed by atoms with E-state index in [1.807, 2.05) is 44.1 Å². The van der Waals surface area contributed by atoms with Gasteiger partial charge in [-0.05, 0) is 54.4 Å². The van der Waals surface area contributed by atoms with Crippen molar-refractivity contribution in [1.29, 1.82) is 0 Å². The summed E-state index contributed by atoms with van der Waals surface area (Å²) in [4.78, 5) is 29.8. The summed E-state index contributed by atoms with van der Waals surface area (Å²) in [5.41, 5.74) is 0.108. The Balaban J connectivity index is 1.38. The van der Waals surface area contributed by atoms with Gasteiger partial charge in [-0.25, -0.2) is 9.59 Å². The molecule has 7 atom stereocenters. The minimum atomic E-state index is -1.18. The van der Waals surface area contributed by atoms with E-state index in [2.05, 4.69) is 11.8 Å². The summed E-state index contributed by atoms with van der Waals surface area (Å²) in [7, 11) is 3.81. The number of rotatable bonds is 7. The number of fused-ring (bicyclic) bond motifs is 1. The summed E-state index contributed by atoms with van der Waals surface area (Å²) in [6, 6.07) is 7.13. The molecule has 44 heavy (non-hydrogen) atoms. The van der Waals surface area contributed by atoms with Gasteiger partial charge in [-0.1, -0.05) is 38.1 Å². The number of anilines is 1. The van der Waals surface area contributed by atoms with Gasteiger partial charge in [0, 0.05) is 50.2 Å². The van der Waals surface area contributed by atoms with Crippen molar-refractivity contribution in [2.45, 2.75) is 50.9 Å². The predicted molar refractivity (Wildman–Crippen MR) is 164 cm³/mol. The van der Waals surface area contributed by atoms with E-state index >= 15 is 0 Å². The Bertz CT molecular complexity index is 1390. The molecule has 2 saturated heterocycles. The highest BCUT2D eigenvalue weighted by Crippen LogP contribution is 2.66. The second kappa shape index (κ2) is 11.4. The van der Waals surface area contributed by atoms with Gasteiger partial charge in [0.25, 0.3) is 0 Å². The molecule has 3 aliphatic heterocycles. The second-order valence-corrected chi connectivity index (χ2v) is 13.7. The van der Waals surface area contributed by atoms with Crippen LogP contribution < -0.4 is 4.90 Å². The quantitative estimate of drug-likeness (QED) is 0.241. The number of hydrogen-bond donors (Lipinski definition) is 3. The maximum atomic E-state index is 13.1. The van der Waals surface area contributed by atoms with Crippen LogP contribution in [0.2, 0.25) is 0 Å². The summed E-state index contributed by atoms with van der Waals surface area (Å²) in [6.45, 7) is 7.56. The van der Waals surface area contributed by atoms with Gasteiger partial charge in [0.05, 0.1) is 38.1 Å². The van der Waals surface area contributed by atoms with E-state index in [-0.39, 0.29) is 46.8 Å². The van der Waals surface area contributed by atoms with Crippen molar-refractivity contribution in [1.82, 2.24) is 4.90 Å². The Labute approximate surface area is 258 Å². The number of cyclic esters (lactones) is 1. The zero-order chi connectivity index (χ0) is 31.4. The Morgan fingerprint density at radius 2 is 1.84 bits per heavy atom. The summed E-state index contributed by atoms with van der Waals surface area (Å²) >= 11 is 0. The van der Waals surface area contributed by atoms with Crippen LogP contribution in [0, 0.1) is 22.7 Å². The number of carbonyl (C=O) groups is 2. The van der Waals surface area contributed by atoms with Crippen LogP contribution in [0.15, 0.2) is 53.8 Å². The van der Waals surface area contributed by atoms with Crippen molar-refractivity contribution in [3.63, 3.8) is 0 Å². The Hall–Kier alpha value is -3.02. The van der Waals surface area contributed by atoms with Crippen molar-refractivity contribution in [2.24, 2.45) is 22.7 Å². The van der Waals surface area contributed by atoms with E-state index in [4.69, 9.17) is 14.2 Å². The van der Waals surface area contributed by atoms with Crippen LogP contribution in [0.1, 0.15) is 38.7 Å².